The fourth-order valence-electron chi connectivity index (χ4n) is 2.85. The topological polar surface area (TPSA) is 86.8 Å². The van der Waals surface area contributed by atoms with Crippen molar-refractivity contribution in [2.24, 2.45) is 0 Å². The molecule has 1 amide bonds. The number of carbonyl (C=O) groups excluding carboxylic acids is 2. The van der Waals surface area contributed by atoms with E-state index in [0.29, 0.717) is 5.13 Å². The van der Waals surface area contributed by atoms with E-state index < -0.39 is 24.6 Å². The van der Waals surface area contributed by atoms with E-state index in [-0.39, 0.29) is 17.1 Å². The zero-order chi connectivity index (χ0) is 24.0. The van der Waals surface area contributed by atoms with E-state index in [1.807, 2.05) is 29.6 Å². The lowest BCUT2D eigenvalue weighted by Crippen LogP contribution is -2.30. The summed E-state index contributed by atoms with van der Waals surface area (Å²) in [5, 5.41) is 4.82. The number of ether oxygens (including phenoxy) is 3. The van der Waals surface area contributed by atoms with Crippen LogP contribution in [0.1, 0.15) is 29.8 Å². The molecule has 0 aliphatic carbocycles. The Kier molecular flexibility index (Phi) is 7.94. The summed E-state index contributed by atoms with van der Waals surface area (Å²) in [4.78, 5) is 29.3. The molecule has 0 saturated carbocycles. The number of nitrogens with zero attached hydrogens (tertiary/aromatic N) is 1. The van der Waals surface area contributed by atoms with E-state index in [2.05, 4.69) is 22.0 Å². The molecule has 0 aliphatic rings. The van der Waals surface area contributed by atoms with E-state index in [9.17, 15) is 18.4 Å². The maximum atomic E-state index is 12.5. The third kappa shape index (κ3) is 6.26. The molecule has 1 aromatic heterocycles. The van der Waals surface area contributed by atoms with Gasteiger partial charge in [0.15, 0.2) is 22.7 Å². The highest BCUT2D eigenvalue weighted by Gasteiger charge is 2.22. The molecule has 0 saturated heterocycles. The number of amides is 1. The minimum atomic E-state index is -3.04. The van der Waals surface area contributed by atoms with Crippen molar-refractivity contribution in [1.29, 1.82) is 0 Å². The van der Waals surface area contributed by atoms with Crippen LogP contribution >= 0.6 is 11.3 Å². The molecule has 0 fully saturated rings. The SMILES string of the molecule is CCc1ccc(-c2csc(NC(=O)[C@@H](C)OC(=O)c3ccc(OC(F)F)c(OC)c3)n2)cc1. The van der Waals surface area contributed by atoms with Crippen LogP contribution in [0.3, 0.4) is 0 Å². The van der Waals surface area contributed by atoms with Gasteiger partial charge in [-0.05, 0) is 37.1 Å². The lowest BCUT2D eigenvalue weighted by atomic mass is 10.1. The third-order valence-corrected chi connectivity index (χ3v) is 5.42. The van der Waals surface area contributed by atoms with Gasteiger partial charge < -0.3 is 14.2 Å². The van der Waals surface area contributed by atoms with Crippen molar-refractivity contribution in [2.45, 2.75) is 33.0 Å². The number of anilines is 1. The molecule has 10 heteroatoms. The second-order valence-electron chi connectivity index (χ2n) is 6.87. The highest BCUT2D eigenvalue weighted by Crippen LogP contribution is 2.30. The summed E-state index contributed by atoms with van der Waals surface area (Å²) in [6, 6.07) is 11.6. The summed E-state index contributed by atoms with van der Waals surface area (Å²) < 4.78 is 39.4. The maximum absolute atomic E-state index is 12.5. The van der Waals surface area contributed by atoms with Crippen LogP contribution in [0.2, 0.25) is 0 Å². The molecular formula is C23H22F2N2O5S. The van der Waals surface area contributed by atoms with Gasteiger partial charge in [-0.2, -0.15) is 8.78 Å². The number of alkyl halides is 2. The first kappa shape index (κ1) is 24.1. The summed E-state index contributed by atoms with van der Waals surface area (Å²) in [5.41, 5.74) is 2.88. The zero-order valence-electron chi connectivity index (χ0n) is 18.1. The summed E-state index contributed by atoms with van der Waals surface area (Å²) in [5.74, 6) is -1.67. The second kappa shape index (κ2) is 10.9. The largest absolute Gasteiger partial charge is 0.493 e. The Balaban J connectivity index is 1.61. The van der Waals surface area contributed by atoms with Crippen LogP contribution in [-0.2, 0) is 16.0 Å². The van der Waals surface area contributed by atoms with E-state index >= 15 is 0 Å². The molecule has 174 valence electrons. The van der Waals surface area contributed by atoms with Crippen molar-refractivity contribution < 1.29 is 32.6 Å². The number of aromatic nitrogens is 1. The molecule has 3 aromatic rings. The molecule has 0 radical (unpaired) electrons. The molecule has 0 bridgehead atoms. The predicted molar refractivity (Wildman–Crippen MR) is 120 cm³/mol. The first-order chi connectivity index (χ1) is 15.8. The van der Waals surface area contributed by atoms with E-state index in [1.54, 1.807) is 0 Å². The molecule has 0 aliphatic heterocycles. The van der Waals surface area contributed by atoms with Gasteiger partial charge in [0, 0.05) is 10.9 Å². The summed E-state index contributed by atoms with van der Waals surface area (Å²) in [6.07, 6.45) is -0.188. The Labute approximate surface area is 193 Å². The van der Waals surface area contributed by atoms with Crippen molar-refractivity contribution in [3.05, 3.63) is 59.0 Å². The lowest BCUT2D eigenvalue weighted by Gasteiger charge is -2.14. The molecule has 7 nitrogen and oxygen atoms in total. The molecule has 2 aromatic carbocycles. The monoisotopic (exact) mass is 476 g/mol. The number of rotatable bonds is 9. The van der Waals surface area contributed by atoms with Crippen LogP contribution in [0.5, 0.6) is 11.5 Å². The van der Waals surface area contributed by atoms with E-state index in [0.717, 1.165) is 23.7 Å². The molecule has 0 unspecified atom stereocenters. The normalized spacial score (nSPS) is 11.7. The Morgan fingerprint density at radius 1 is 1.12 bits per heavy atom. The number of methoxy groups -OCH3 is 1. The Hall–Kier alpha value is -3.53. The fourth-order valence-corrected chi connectivity index (χ4v) is 3.57. The lowest BCUT2D eigenvalue weighted by molar-refractivity contribution is -0.123. The van der Waals surface area contributed by atoms with Gasteiger partial charge in [-0.1, -0.05) is 31.2 Å². The quantitative estimate of drug-likeness (QED) is 0.429. The number of benzene rings is 2. The van der Waals surface area contributed by atoms with E-state index in [1.165, 1.54) is 43.1 Å². The van der Waals surface area contributed by atoms with Gasteiger partial charge in [-0.3, -0.25) is 10.1 Å². The molecule has 1 atom stereocenters. The third-order valence-electron chi connectivity index (χ3n) is 4.66. The minimum absolute atomic E-state index is 0.0141. The van der Waals surface area contributed by atoms with Gasteiger partial charge >= 0.3 is 12.6 Å². The summed E-state index contributed by atoms with van der Waals surface area (Å²) in [6.45, 7) is 0.450. The number of aryl methyl sites for hydroxylation is 1. The molecule has 1 N–H and O–H groups in total. The van der Waals surface area contributed by atoms with Gasteiger partial charge in [0.05, 0.1) is 18.4 Å². The van der Waals surface area contributed by atoms with Gasteiger partial charge in [0.2, 0.25) is 0 Å². The van der Waals surface area contributed by atoms with E-state index in [4.69, 9.17) is 9.47 Å². The standard InChI is InChI=1S/C23H22F2N2O5S/c1-4-14-5-7-15(8-6-14)17-12-33-23(26-17)27-20(28)13(2)31-21(29)16-9-10-18(32-22(24)25)19(11-16)30-3/h5-13,22H,4H2,1-3H3,(H,26,27,28)/t13-/m1/s1. The number of halogens is 2. The van der Waals surface area contributed by atoms with Crippen LogP contribution in [0.4, 0.5) is 13.9 Å². The van der Waals surface area contributed by atoms with Crippen LogP contribution in [0.15, 0.2) is 47.8 Å². The average molecular weight is 477 g/mol. The van der Waals surface area contributed by atoms with Crippen LogP contribution < -0.4 is 14.8 Å². The number of hydrogen-bond donors (Lipinski definition) is 1. The smallest absolute Gasteiger partial charge is 0.387 e. The van der Waals surface area contributed by atoms with Crippen molar-refractivity contribution in [1.82, 2.24) is 4.98 Å². The molecular weight excluding hydrogens is 454 g/mol. The fraction of sp³-hybridized carbons (Fsp3) is 0.261. The Bertz CT molecular complexity index is 1120. The van der Waals surface area contributed by atoms with Gasteiger partial charge in [0.25, 0.3) is 5.91 Å². The summed E-state index contributed by atoms with van der Waals surface area (Å²) >= 11 is 1.25. The number of hydrogen-bond acceptors (Lipinski definition) is 7. The zero-order valence-corrected chi connectivity index (χ0v) is 18.9. The van der Waals surface area contributed by atoms with Crippen molar-refractivity contribution in [3.8, 4) is 22.8 Å². The molecule has 1 heterocycles. The second-order valence-corrected chi connectivity index (χ2v) is 7.73. The number of thiazole rings is 1. The van der Waals surface area contributed by atoms with Crippen molar-refractivity contribution in [2.75, 3.05) is 12.4 Å². The van der Waals surface area contributed by atoms with Gasteiger partial charge in [0.1, 0.15) is 0 Å². The highest BCUT2D eigenvalue weighted by atomic mass is 32.1. The van der Waals surface area contributed by atoms with Crippen molar-refractivity contribution >= 4 is 28.3 Å². The van der Waals surface area contributed by atoms with Gasteiger partial charge in [-0.15, -0.1) is 11.3 Å². The number of nitrogens with one attached hydrogen (secondary N) is 1. The molecule has 33 heavy (non-hydrogen) atoms. The van der Waals surface area contributed by atoms with Crippen LogP contribution in [-0.4, -0.2) is 36.7 Å². The minimum Gasteiger partial charge on any atom is -0.493 e. The van der Waals surface area contributed by atoms with Crippen LogP contribution in [0, 0.1) is 0 Å². The average Bonchev–Trinajstić information content (AvgIpc) is 3.27. The molecule has 0 spiro atoms. The van der Waals surface area contributed by atoms with Crippen LogP contribution in [0.25, 0.3) is 11.3 Å². The first-order valence-electron chi connectivity index (χ1n) is 10.00. The Morgan fingerprint density at radius 2 is 1.85 bits per heavy atom. The first-order valence-corrected chi connectivity index (χ1v) is 10.9. The highest BCUT2D eigenvalue weighted by molar-refractivity contribution is 7.14. The molecule has 3 rings (SSSR count). The summed E-state index contributed by atoms with van der Waals surface area (Å²) in [7, 11) is 1.25. The van der Waals surface area contributed by atoms with Crippen molar-refractivity contribution in [3.63, 3.8) is 0 Å². The maximum Gasteiger partial charge on any atom is 0.387 e. The number of carbonyl (C=O) groups is 2. The Morgan fingerprint density at radius 3 is 2.48 bits per heavy atom. The predicted octanol–water partition coefficient (Wildman–Crippen LogP) is 5.17. The van der Waals surface area contributed by atoms with Gasteiger partial charge in [-0.25, -0.2) is 9.78 Å². The number of esters is 1.